The molecule has 2 N–H and O–H groups in total. The second-order valence-electron chi connectivity index (χ2n) is 4.84. The molecule has 142 valence electrons. The van der Waals surface area contributed by atoms with Gasteiger partial charge in [-0.05, 0) is 19.1 Å². The lowest BCUT2D eigenvalue weighted by molar-refractivity contribution is -0.105. The summed E-state index contributed by atoms with van der Waals surface area (Å²) in [6.45, 7) is 1.59. The van der Waals surface area contributed by atoms with Crippen LogP contribution in [0, 0.1) is 0 Å². The molecule has 0 amide bonds. The lowest BCUT2D eigenvalue weighted by atomic mass is 10.3. The number of nitrogens with one attached hydrogen (secondary N) is 2. The molecule has 0 fully saturated rings. The average molecular weight is 409 g/mol. The number of thioether (sulfide) groups is 1. The largest absolute Gasteiger partial charge is 0.462 e. The summed E-state index contributed by atoms with van der Waals surface area (Å²) in [5, 5.41) is 5.18. The van der Waals surface area contributed by atoms with Gasteiger partial charge in [0.15, 0.2) is 5.03 Å². The van der Waals surface area contributed by atoms with Gasteiger partial charge >= 0.3 is 12.1 Å². The first kappa shape index (κ1) is 20.1. The Labute approximate surface area is 151 Å². The molecule has 26 heavy (non-hydrogen) atoms. The van der Waals surface area contributed by atoms with Crippen LogP contribution in [0.5, 0.6) is 0 Å². The predicted octanol–water partition coefficient (Wildman–Crippen LogP) is 3.04. The van der Waals surface area contributed by atoms with E-state index in [0.717, 1.165) is 6.20 Å². The summed E-state index contributed by atoms with van der Waals surface area (Å²) in [5.41, 5.74) is -0.356. The molecule has 0 aliphatic heterocycles. The molecule has 1 heterocycles. The highest BCUT2D eigenvalue weighted by molar-refractivity contribution is 7.99. The molecule has 12 heteroatoms. The van der Waals surface area contributed by atoms with Gasteiger partial charge in [-0.3, -0.25) is 9.82 Å². The fourth-order valence-electron chi connectivity index (χ4n) is 1.87. The maximum absolute atomic E-state index is 12.5. The number of H-pyrrole nitrogens is 1. The van der Waals surface area contributed by atoms with Gasteiger partial charge in [0.1, 0.15) is 5.56 Å². The SMILES string of the molecule is CCOC(=O)c1cn[nH]c1S(=O)(=O)Nc1ccccc1SCC(F)(F)F. The van der Waals surface area contributed by atoms with E-state index in [2.05, 4.69) is 14.9 Å². The fourth-order valence-corrected chi connectivity index (χ4v) is 3.87. The van der Waals surface area contributed by atoms with Crippen molar-refractivity contribution in [3.05, 3.63) is 36.0 Å². The molecule has 0 aliphatic carbocycles. The van der Waals surface area contributed by atoms with Crippen molar-refractivity contribution in [1.29, 1.82) is 0 Å². The molecule has 0 saturated heterocycles. The summed E-state index contributed by atoms with van der Waals surface area (Å²) >= 11 is 0.441. The van der Waals surface area contributed by atoms with E-state index in [1.807, 2.05) is 0 Å². The average Bonchev–Trinajstić information content (AvgIpc) is 3.04. The van der Waals surface area contributed by atoms with Crippen LogP contribution in [0.1, 0.15) is 17.3 Å². The first-order chi connectivity index (χ1) is 12.1. The van der Waals surface area contributed by atoms with Gasteiger partial charge in [-0.2, -0.15) is 26.7 Å². The van der Waals surface area contributed by atoms with Crippen molar-refractivity contribution in [2.45, 2.75) is 23.0 Å². The topological polar surface area (TPSA) is 101 Å². The molecule has 0 atom stereocenters. The summed E-state index contributed by atoms with van der Waals surface area (Å²) in [5.74, 6) is -2.06. The van der Waals surface area contributed by atoms with Crippen LogP contribution in [-0.4, -0.2) is 43.1 Å². The Hall–Kier alpha value is -2.21. The van der Waals surface area contributed by atoms with E-state index in [4.69, 9.17) is 4.74 Å². The zero-order valence-corrected chi connectivity index (χ0v) is 15.0. The Morgan fingerprint density at radius 2 is 2.04 bits per heavy atom. The predicted molar refractivity (Wildman–Crippen MR) is 88.6 cm³/mol. The number of hydrogen-bond donors (Lipinski definition) is 2. The van der Waals surface area contributed by atoms with Gasteiger partial charge in [0.05, 0.1) is 24.2 Å². The second kappa shape index (κ2) is 7.99. The van der Waals surface area contributed by atoms with Gasteiger partial charge in [-0.15, -0.1) is 11.8 Å². The van der Waals surface area contributed by atoms with Crippen LogP contribution in [0.4, 0.5) is 18.9 Å². The first-order valence-electron chi connectivity index (χ1n) is 7.16. The van der Waals surface area contributed by atoms with E-state index < -0.39 is 32.9 Å². The summed E-state index contributed by atoms with van der Waals surface area (Å²) in [6.07, 6.45) is -3.41. The van der Waals surface area contributed by atoms with Crippen molar-refractivity contribution in [1.82, 2.24) is 10.2 Å². The Morgan fingerprint density at radius 1 is 1.35 bits per heavy atom. The highest BCUT2D eigenvalue weighted by Crippen LogP contribution is 2.33. The van der Waals surface area contributed by atoms with Gasteiger partial charge in [-0.1, -0.05) is 12.1 Å². The highest BCUT2D eigenvalue weighted by atomic mass is 32.2. The zero-order chi connectivity index (χ0) is 19.4. The molecule has 2 aromatic rings. The highest BCUT2D eigenvalue weighted by Gasteiger charge is 2.29. The number of benzene rings is 1. The third-order valence-electron chi connectivity index (χ3n) is 2.89. The maximum Gasteiger partial charge on any atom is 0.398 e. The molecule has 0 spiro atoms. The summed E-state index contributed by atoms with van der Waals surface area (Å²) in [6, 6.07) is 5.62. The number of para-hydroxylation sites is 1. The Kier molecular flexibility index (Phi) is 6.18. The number of hydrogen-bond acceptors (Lipinski definition) is 6. The minimum absolute atomic E-state index is 0.0356. The van der Waals surface area contributed by atoms with Crippen LogP contribution >= 0.6 is 11.8 Å². The third kappa shape index (κ3) is 5.14. The molecular weight excluding hydrogens is 395 g/mol. The van der Waals surface area contributed by atoms with Gasteiger partial charge in [0, 0.05) is 4.90 Å². The van der Waals surface area contributed by atoms with Crippen LogP contribution in [-0.2, 0) is 14.8 Å². The van der Waals surface area contributed by atoms with E-state index in [-0.39, 0.29) is 22.8 Å². The summed E-state index contributed by atoms with van der Waals surface area (Å²) in [4.78, 5) is 11.9. The van der Waals surface area contributed by atoms with Crippen molar-refractivity contribution in [3.63, 3.8) is 0 Å². The van der Waals surface area contributed by atoms with Crippen LogP contribution < -0.4 is 4.72 Å². The van der Waals surface area contributed by atoms with E-state index in [1.165, 1.54) is 24.3 Å². The molecule has 0 unspecified atom stereocenters. The van der Waals surface area contributed by atoms with Gasteiger partial charge in [-0.25, -0.2) is 4.79 Å². The minimum atomic E-state index is -4.41. The van der Waals surface area contributed by atoms with Gasteiger partial charge in [0.25, 0.3) is 10.0 Å². The van der Waals surface area contributed by atoms with Crippen molar-refractivity contribution >= 4 is 33.4 Å². The third-order valence-corrected chi connectivity index (χ3v) is 5.37. The van der Waals surface area contributed by atoms with Crippen LogP contribution in [0.25, 0.3) is 0 Å². The maximum atomic E-state index is 12.5. The zero-order valence-electron chi connectivity index (χ0n) is 13.3. The number of carbonyl (C=O) groups excluding carboxylic acids is 1. The Bertz CT molecular complexity index is 882. The number of aromatic nitrogens is 2. The normalized spacial score (nSPS) is 12.0. The Morgan fingerprint density at radius 3 is 2.69 bits per heavy atom. The molecule has 0 radical (unpaired) electrons. The lowest BCUT2D eigenvalue weighted by Gasteiger charge is -2.13. The molecule has 0 saturated carbocycles. The number of ether oxygens (including phenoxy) is 1. The van der Waals surface area contributed by atoms with E-state index in [9.17, 15) is 26.4 Å². The van der Waals surface area contributed by atoms with E-state index >= 15 is 0 Å². The number of nitrogens with zero attached hydrogens (tertiary/aromatic N) is 1. The number of halogens is 3. The van der Waals surface area contributed by atoms with E-state index in [0.29, 0.717) is 11.8 Å². The van der Waals surface area contributed by atoms with Crippen LogP contribution in [0.3, 0.4) is 0 Å². The van der Waals surface area contributed by atoms with Crippen molar-refractivity contribution in [3.8, 4) is 0 Å². The van der Waals surface area contributed by atoms with Crippen molar-refractivity contribution < 1.29 is 31.1 Å². The molecule has 1 aromatic heterocycles. The number of carbonyl (C=O) groups is 1. The van der Waals surface area contributed by atoms with Gasteiger partial charge in [0.2, 0.25) is 0 Å². The standard InChI is InChI=1S/C14H14F3N3O4S2/c1-2-24-13(21)9-7-18-19-12(9)26(22,23)20-10-5-3-4-6-11(10)25-8-14(15,16)17/h3-7,20H,2,8H2,1H3,(H,18,19). The quantitative estimate of drug-likeness (QED) is 0.539. The number of rotatable bonds is 7. The lowest BCUT2D eigenvalue weighted by Crippen LogP contribution is -2.18. The summed E-state index contributed by atoms with van der Waals surface area (Å²) < 4.78 is 69.2. The van der Waals surface area contributed by atoms with Crippen molar-refractivity contribution in [2.75, 3.05) is 17.1 Å². The monoisotopic (exact) mass is 409 g/mol. The van der Waals surface area contributed by atoms with Crippen LogP contribution in [0.15, 0.2) is 40.4 Å². The number of sulfonamides is 1. The second-order valence-corrected chi connectivity index (χ2v) is 7.48. The molecule has 0 bridgehead atoms. The number of aromatic amines is 1. The molecule has 1 aromatic carbocycles. The molecule has 2 rings (SSSR count). The molecule has 7 nitrogen and oxygen atoms in total. The van der Waals surface area contributed by atoms with Crippen molar-refractivity contribution in [2.24, 2.45) is 0 Å². The molecular formula is C14H14F3N3O4S2. The smallest absolute Gasteiger partial charge is 0.398 e. The first-order valence-corrected chi connectivity index (χ1v) is 9.63. The summed E-state index contributed by atoms with van der Waals surface area (Å²) in [7, 11) is -4.30. The number of esters is 1. The van der Waals surface area contributed by atoms with Crippen LogP contribution in [0.2, 0.25) is 0 Å². The Balaban J connectivity index is 2.29. The number of anilines is 1. The fraction of sp³-hybridized carbons (Fsp3) is 0.286. The number of alkyl halides is 3. The van der Waals surface area contributed by atoms with E-state index in [1.54, 1.807) is 6.92 Å². The minimum Gasteiger partial charge on any atom is -0.462 e. The molecule has 0 aliphatic rings. The van der Waals surface area contributed by atoms with Gasteiger partial charge < -0.3 is 4.74 Å².